The first-order valence-electron chi connectivity index (χ1n) is 10.5. The number of rotatable bonds is 4. The SMILES string of the molecule is Cc1cc(C)cc(CP2(=O)OCC3(CO2)COP(=O)(Cc2cc(C)cc(C)c2)OC3)c1. The zero-order valence-electron chi connectivity index (χ0n) is 18.6. The smallest absolute Gasteiger partial charge is 0.307 e. The van der Waals surface area contributed by atoms with Crippen LogP contribution >= 0.6 is 15.2 Å². The van der Waals surface area contributed by atoms with Crippen molar-refractivity contribution in [2.75, 3.05) is 26.4 Å². The van der Waals surface area contributed by atoms with Crippen LogP contribution in [0.15, 0.2) is 36.4 Å². The third-order valence-electron chi connectivity index (χ3n) is 5.59. The summed E-state index contributed by atoms with van der Waals surface area (Å²) in [6, 6.07) is 12.1. The van der Waals surface area contributed by atoms with E-state index in [-0.39, 0.29) is 38.8 Å². The van der Waals surface area contributed by atoms with Crippen molar-refractivity contribution >= 4 is 15.2 Å². The Morgan fingerprint density at radius 1 is 0.613 bits per heavy atom. The van der Waals surface area contributed by atoms with Crippen LogP contribution in [0.2, 0.25) is 0 Å². The van der Waals surface area contributed by atoms with Crippen LogP contribution < -0.4 is 0 Å². The van der Waals surface area contributed by atoms with Crippen molar-refractivity contribution in [1.29, 1.82) is 0 Å². The van der Waals surface area contributed by atoms with Crippen molar-refractivity contribution in [3.63, 3.8) is 0 Å². The van der Waals surface area contributed by atoms with Crippen molar-refractivity contribution in [3.05, 3.63) is 69.8 Å². The number of benzene rings is 2. The zero-order chi connectivity index (χ0) is 22.3. The molecule has 0 saturated carbocycles. The summed E-state index contributed by atoms with van der Waals surface area (Å²) in [5.41, 5.74) is 5.74. The number of hydrogen-bond acceptors (Lipinski definition) is 6. The van der Waals surface area contributed by atoms with Gasteiger partial charge in [-0.2, -0.15) is 0 Å². The summed E-state index contributed by atoms with van der Waals surface area (Å²) in [5.74, 6) is 0. The number of hydrogen-bond donors (Lipinski definition) is 0. The lowest BCUT2D eigenvalue weighted by molar-refractivity contribution is -0.0690. The lowest BCUT2D eigenvalue weighted by Gasteiger charge is -2.43. The van der Waals surface area contributed by atoms with E-state index in [0.717, 1.165) is 33.4 Å². The molecule has 2 heterocycles. The summed E-state index contributed by atoms with van der Waals surface area (Å²) in [6.45, 7) is 8.82. The molecule has 2 fully saturated rings. The van der Waals surface area contributed by atoms with Crippen LogP contribution in [-0.4, -0.2) is 26.4 Å². The first kappa shape index (κ1) is 22.9. The molecule has 0 amide bonds. The van der Waals surface area contributed by atoms with E-state index in [0.29, 0.717) is 0 Å². The van der Waals surface area contributed by atoms with Gasteiger partial charge in [-0.25, -0.2) is 0 Å². The summed E-state index contributed by atoms with van der Waals surface area (Å²) < 4.78 is 49.2. The molecule has 8 heteroatoms. The topological polar surface area (TPSA) is 71.1 Å². The molecule has 4 rings (SSSR count). The van der Waals surface area contributed by atoms with Crippen molar-refractivity contribution in [2.45, 2.75) is 40.0 Å². The Morgan fingerprint density at radius 3 is 1.19 bits per heavy atom. The molecule has 2 aromatic rings. The zero-order valence-corrected chi connectivity index (χ0v) is 20.3. The molecular weight excluding hydrogens is 434 g/mol. The second-order valence-electron chi connectivity index (χ2n) is 9.12. The van der Waals surface area contributed by atoms with Crippen molar-refractivity contribution in [1.82, 2.24) is 0 Å². The third-order valence-corrected chi connectivity index (χ3v) is 9.18. The normalized spacial score (nSPS) is 31.1. The fourth-order valence-electron chi connectivity index (χ4n) is 4.22. The van der Waals surface area contributed by atoms with E-state index in [9.17, 15) is 9.13 Å². The van der Waals surface area contributed by atoms with E-state index in [1.54, 1.807) is 0 Å². The summed E-state index contributed by atoms with van der Waals surface area (Å²) in [5, 5.41) is 0. The molecule has 2 saturated heterocycles. The van der Waals surface area contributed by atoms with Crippen molar-refractivity contribution in [3.8, 4) is 0 Å². The molecule has 0 N–H and O–H groups in total. The van der Waals surface area contributed by atoms with Crippen LogP contribution in [0, 0.1) is 33.1 Å². The van der Waals surface area contributed by atoms with Gasteiger partial charge in [0.1, 0.15) is 0 Å². The molecule has 31 heavy (non-hydrogen) atoms. The molecule has 2 aromatic carbocycles. The minimum absolute atomic E-state index is 0.193. The maximum absolute atomic E-state index is 13.1. The fourth-order valence-corrected chi connectivity index (χ4v) is 7.87. The van der Waals surface area contributed by atoms with Gasteiger partial charge in [-0.1, -0.05) is 58.7 Å². The van der Waals surface area contributed by atoms with Gasteiger partial charge in [0.05, 0.1) is 44.2 Å². The Labute approximate surface area is 184 Å². The average molecular weight is 464 g/mol. The molecule has 1 spiro atoms. The quantitative estimate of drug-likeness (QED) is 0.510. The van der Waals surface area contributed by atoms with E-state index in [2.05, 4.69) is 12.1 Å². The van der Waals surface area contributed by atoms with E-state index in [1.807, 2.05) is 52.0 Å². The lowest BCUT2D eigenvalue weighted by atomic mass is 9.93. The van der Waals surface area contributed by atoms with Crippen LogP contribution in [0.4, 0.5) is 0 Å². The molecule has 0 aliphatic carbocycles. The minimum atomic E-state index is -3.25. The lowest BCUT2D eigenvalue weighted by Crippen LogP contribution is -2.45. The van der Waals surface area contributed by atoms with Gasteiger partial charge in [0.15, 0.2) is 0 Å². The molecule has 0 unspecified atom stereocenters. The summed E-state index contributed by atoms with van der Waals surface area (Å²) in [4.78, 5) is 0. The molecule has 168 valence electrons. The van der Waals surface area contributed by atoms with Gasteiger partial charge in [-0.15, -0.1) is 0 Å². The summed E-state index contributed by atoms with van der Waals surface area (Å²) >= 11 is 0. The Morgan fingerprint density at radius 2 is 0.903 bits per heavy atom. The van der Waals surface area contributed by atoms with E-state index >= 15 is 0 Å². The maximum atomic E-state index is 13.1. The summed E-state index contributed by atoms with van der Waals surface area (Å²) in [6.07, 6.45) is 0.469. The van der Waals surface area contributed by atoms with Gasteiger partial charge in [0.2, 0.25) is 0 Å². The van der Waals surface area contributed by atoms with Crippen LogP contribution in [0.5, 0.6) is 0 Å². The Kier molecular flexibility index (Phi) is 6.35. The highest BCUT2D eigenvalue weighted by Gasteiger charge is 2.48. The molecule has 0 bridgehead atoms. The second-order valence-corrected chi connectivity index (χ2v) is 13.2. The largest absolute Gasteiger partial charge is 0.335 e. The van der Waals surface area contributed by atoms with Crippen LogP contribution in [0.25, 0.3) is 0 Å². The Hall–Kier alpha value is -1.26. The highest BCUT2D eigenvalue weighted by molar-refractivity contribution is 7.53. The van der Waals surface area contributed by atoms with E-state index in [1.165, 1.54) is 0 Å². The fraction of sp³-hybridized carbons (Fsp3) is 0.478. The molecule has 6 nitrogen and oxygen atoms in total. The van der Waals surface area contributed by atoms with Gasteiger partial charge < -0.3 is 18.1 Å². The predicted octanol–water partition coefficient (Wildman–Crippen LogP) is 6.09. The van der Waals surface area contributed by atoms with Gasteiger partial charge in [-0.05, 0) is 38.8 Å². The standard InChI is InChI=1S/C23H30O6P2/c1-17-5-18(2)8-21(7-17)11-30(24)26-13-23(14-27-30)15-28-31(25,29-16-23)12-22-9-19(3)6-20(4)10-22/h5-10H,11-16H2,1-4H3. The van der Waals surface area contributed by atoms with Gasteiger partial charge in [0.25, 0.3) is 0 Å². The molecule has 2 aliphatic rings. The molecule has 0 atom stereocenters. The first-order chi connectivity index (χ1) is 14.6. The molecular formula is C23H30O6P2. The highest BCUT2D eigenvalue weighted by atomic mass is 31.2. The van der Waals surface area contributed by atoms with Crippen molar-refractivity contribution < 1.29 is 27.2 Å². The monoisotopic (exact) mass is 464 g/mol. The average Bonchev–Trinajstić information content (AvgIpc) is 2.65. The van der Waals surface area contributed by atoms with Gasteiger partial charge in [-0.3, -0.25) is 9.13 Å². The number of aryl methyl sites for hydroxylation is 4. The molecule has 2 aliphatic heterocycles. The maximum Gasteiger partial charge on any atom is 0.335 e. The molecule has 0 radical (unpaired) electrons. The third kappa shape index (κ3) is 5.57. The van der Waals surface area contributed by atoms with E-state index < -0.39 is 20.6 Å². The minimum Gasteiger partial charge on any atom is -0.307 e. The van der Waals surface area contributed by atoms with Crippen LogP contribution in [0.1, 0.15) is 33.4 Å². The first-order valence-corrected chi connectivity index (χ1v) is 13.9. The Balaban J connectivity index is 1.36. The van der Waals surface area contributed by atoms with Gasteiger partial charge >= 0.3 is 15.2 Å². The summed E-state index contributed by atoms with van der Waals surface area (Å²) in [7, 11) is -6.49. The second kappa shape index (κ2) is 8.59. The van der Waals surface area contributed by atoms with Gasteiger partial charge in [0, 0.05) is 0 Å². The van der Waals surface area contributed by atoms with Crippen LogP contribution in [0.3, 0.4) is 0 Å². The van der Waals surface area contributed by atoms with Crippen molar-refractivity contribution in [2.24, 2.45) is 5.41 Å². The van der Waals surface area contributed by atoms with Crippen LogP contribution in [-0.2, 0) is 39.5 Å². The van der Waals surface area contributed by atoms with E-state index in [4.69, 9.17) is 18.1 Å². The Bertz CT molecular complexity index is 926. The molecule has 0 aromatic heterocycles. The highest BCUT2D eigenvalue weighted by Crippen LogP contribution is 2.61. The predicted molar refractivity (Wildman–Crippen MR) is 121 cm³/mol.